The first kappa shape index (κ1) is 15.8. The summed E-state index contributed by atoms with van der Waals surface area (Å²) in [4.78, 5) is 0. The van der Waals surface area contributed by atoms with E-state index in [2.05, 4.69) is 6.92 Å². The zero-order valence-electron chi connectivity index (χ0n) is 9.83. The number of nitrogens with zero attached hydrogens (tertiary/aromatic N) is 1. The summed E-state index contributed by atoms with van der Waals surface area (Å²) in [6.07, 6.45) is 5.52. The molecule has 1 aliphatic heterocycles. The molecular formula is C10H18Cl3NO2S. The molecule has 0 aromatic carbocycles. The topological polar surface area (TPSA) is 37.1 Å². The third kappa shape index (κ3) is 5.97. The van der Waals surface area contributed by atoms with Crippen molar-refractivity contribution in [3.05, 3.63) is 0 Å². The van der Waals surface area contributed by atoms with E-state index in [1.807, 2.05) is 0 Å². The molecule has 1 saturated heterocycles. The van der Waals surface area contributed by atoms with E-state index in [-0.39, 0.29) is 6.04 Å². The summed E-state index contributed by atoms with van der Waals surface area (Å²) >= 11 is 16.5. The summed E-state index contributed by atoms with van der Waals surface area (Å²) in [5.74, 6) is -0.434. The van der Waals surface area contributed by atoms with Crippen molar-refractivity contribution in [2.45, 2.75) is 48.9 Å². The van der Waals surface area contributed by atoms with Crippen molar-refractivity contribution in [2.24, 2.45) is 0 Å². The normalized spacial score (nSPS) is 24.9. The lowest BCUT2D eigenvalue weighted by Gasteiger charge is -2.12. The minimum atomic E-state index is -3.40. The molecule has 17 heavy (non-hydrogen) atoms. The molecule has 0 radical (unpaired) electrons. The lowest BCUT2D eigenvalue weighted by molar-refractivity contribution is 0.537. The van der Waals surface area contributed by atoms with Gasteiger partial charge in [-0.2, -0.15) is 4.31 Å². The van der Waals surface area contributed by atoms with Gasteiger partial charge in [0.15, 0.2) is 0 Å². The predicted molar refractivity (Wildman–Crippen MR) is 73.3 cm³/mol. The number of hydrogen-bond acceptors (Lipinski definition) is 2. The van der Waals surface area contributed by atoms with Crippen LogP contribution in [0.2, 0.25) is 0 Å². The van der Waals surface area contributed by atoms with Gasteiger partial charge in [0.05, 0.1) is 0 Å². The first-order valence-electron chi connectivity index (χ1n) is 5.82. The Labute approximate surface area is 118 Å². The smallest absolute Gasteiger partial charge is 0.212 e. The van der Waals surface area contributed by atoms with Crippen molar-refractivity contribution in [1.82, 2.24) is 4.31 Å². The Hall–Kier alpha value is 0.780. The molecule has 0 bridgehead atoms. The molecule has 2 atom stereocenters. The average molecular weight is 323 g/mol. The molecule has 0 spiro atoms. The van der Waals surface area contributed by atoms with Crippen LogP contribution in [-0.2, 0) is 10.0 Å². The van der Waals surface area contributed by atoms with Crippen LogP contribution in [0.4, 0.5) is 0 Å². The molecule has 0 aromatic rings. The maximum Gasteiger partial charge on any atom is 0.218 e. The third-order valence-corrected chi connectivity index (χ3v) is 5.59. The van der Waals surface area contributed by atoms with Gasteiger partial charge in [0.1, 0.15) is 5.75 Å². The van der Waals surface area contributed by atoms with E-state index < -0.39 is 19.6 Å². The molecule has 0 amide bonds. The van der Waals surface area contributed by atoms with E-state index in [1.54, 1.807) is 0 Å². The van der Waals surface area contributed by atoms with Crippen molar-refractivity contribution in [1.29, 1.82) is 0 Å². The second-order valence-electron chi connectivity index (χ2n) is 4.44. The molecule has 0 N–H and O–H groups in total. The maximum atomic E-state index is 11.8. The zero-order valence-corrected chi connectivity index (χ0v) is 12.9. The lowest BCUT2D eigenvalue weighted by atomic mass is 10.1. The fourth-order valence-electron chi connectivity index (χ4n) is 1.83. The van der Waals surface area contributed by atoms with Gasteiger partial charge in [0.25, 0.3) is 0 Å². The van der Waals surface area contributed by atoms with Crippen molar-refractivity contribution >= 4 is 44.8 Å². The summed E-state index contributed by atoms with van der Waals surface area (Å²) < 4.78 is 23.3. The Bertz CT molecular complexity index is 340. The van der Waals surface area contributed by atoms with Crippen LogP contribution >= 0.6 is 34.8 Å². The maximum absolute atomic E-state index is 11.8. The number of hydrogen-bond donors (Lipinski definition) is 0. The molecular weight excluding hydrogens is 305 g/mol. The molecule has 0 aromatic heterocycles. The fourth-order valence-corrected chi connectivity index (χ4v) is 4.61. The number of rotatable bonds is 7. The van der Waals surface area contributed by atoms with E-state index in [1.165, 1.54) is 17.1 Å². The Morgan fingerprint density at radius 3 is 2.41 bits per heavy atom. The second-order valence-corrected chi connectivity index (χ2v) is 8.88. The van der Waals surface area contributed by atoms with Crippen LogP contribution in [0.3, 0.4) is 0 Å². The first-order chi connectivity index (χ1) is 7.76. The van der Waals surface area contributed by atoms with E-state index in [0.29, 0.717) is 6.54 Å². The Balaban J connectivity index is 2.30. The largest absolute Gasteiger partial charge is 0.218 e. The molecule has 0 saturated carbocycles. The summed E-state index contributed by atoms with van der Waals surface area (Å²) in [5.41, 5.74) is 0. The highest BCUT2D eigenvalue weighted by molar-refractivity contribution is 7.89. The van der Waals surface area contributed by atoms with Crippen LogP contribution in [-0.4, -0.2) is 34.9 Å². The molecule has 1 fully saturated rings. The predicted octanol–water partition coefficient (Wildman–Crippen LogP) is 3.34. The number of halogens is 3. The molecule has 3 nitrogen and oxygen atoms in total. The van der Waals surface area contributed by atoms with Gasteiger partial charge in [-0.05, 0) is 6.42 Å². The van der Waals surface area contributed by atoms with Crippen LogP contribution < -0.4 is 0 Å². The quantitative estimate of drug-likeness (QED) is 0.409. The van der Waals surface area contributed by atoms with Gasteiger partial charge in [0.2, 0.25) is 13.8 Å². The van der Waals surface area contributed by atoms with Gasteiger partial charge in [-0.15, -0.1) is 0 Å². The number of unbranched alkanes of at least 4 members (excludes halogenated alkanes) is 3. The van der Waals surface area contributed by atoms with Gasteiger partial charge in [-0.3, -0.25) is 0 Å². The highest BCUT2D eigenvalue weighted by Crippen LogP contribution is 2.34. The van der Waals surface area contributed by atoms with Gasteiger partial charge in [0, 0.05) is 12.6 Å². The van der Waals surface area contributed by atoms with Crippen LogP contribution in [0.15, 0.2) is 0 Å². The van der Waals surface area contributed by atoms with Crippen molar-refractivity contribution < 1.29 is 8.42 Å². The van der Waals surface area contributed by atoms with E-state index in [4.69, 9.17) is 34.8 Å². The van der Waals surface area contributed by atoms with Gasteiger partial charge in [-0.1, -0.05) is 67.4 Å². The van der Waals surface area contributed by atoms with Gasteiger partial charge < -0.3 is 0 Å². The molecule has 7 heteroatoms. The zero-order chi connectivity index (χ0) is 13.1. The van der Waals surface area contributed by atoms with Gasteiger partial charge in [-0.25, -0.2) is 8.42 Å². The number of sulfonamides is 1. The first-order valence-corrected chi connectivity index (χ1v) is 8.57. The van der Waals surface area contributed by atoms with Crippen molar-refractivity contribution in [2.75, 3.05) is 12.3 Å². The van der Waals surface area contributed by atoms with Gasteiger partial charge >= 0.3 is 0 Å². The standard InChI is InChI=1S/C10H18Cl3NO2S/c1-2-3-4-5-6-9-7-14(9)17(15,16)8-10(11,12)13/h9H,2-8H2,1H3. The summed E-state index contributed by atoms with van der Waals surface area (Å²) in [6.45, 7) is 2.73. The minimum Gasteiger partial charge on any atom is -0.212 e. The molecule has 1 aliphatic rings. The highest BCUT2D eigenvalue weighted by atomic mass is 35.6. The highest BCUT2D eigenvalue weighted by Gasteiger charge is 2.45. The molecule has 1 rings (SSSR count). The summed E-state index contributed by atoms with van der Waals surface area (Å²) in [7, 11) is -3.40. The molecule has 1 heterocycles. The molecule has 0 aliphatic carbocycles. The van der Waals surface area contributed by atoms with Crippen molar-refractivity contribution in [3.8, 4) is 0 Å². The van der Waals surface area contributed by atoms with Crippen LogP contribution in [0.5, 0.6) is 0 Å². The Morgan fingerprint density at radius 1 is 1.24 bits per heavy atom. The van der Waals surface area contributed by atoms with Crippen LogP contribution in [0, 0.1) is 0 Å². The van der Waals surface area contributed by atoms with E-state index >= 15 is 0 Å². The Kier molecular flexibility index (Phi) is 5.86. The number of alkyl halides is 3. The van der Waals surface area contributed by atoms with Crippen molar-refractivity contribution in [3.63, 3.8) is 0 Å². The third-order valence-electron chi connectivity index (χ3n) is 2.76. The second kappa shape index (κ2) is 6.29. The monoisotopic (exact) mass is 321 g/mol. The van der Waals surface area contributed by atoms with Crippen LogP contribution in [0.25, 0.3) is 0 Å². The lowest BCUT2D eigenvalue weighted by Crippen LogP contribution is -2.26. The Morgan fingerprint density at radius 2 is 1.88 bits per heavy atom. The average Bonchev–Trinajstić information content (AvgIpc) is 2.88. The molecule has 102 valence electrons. The van der Waals surface area contributed by atoms with E-state index in [9.17, 15) is 8.42 Å². The fraction of sp³-hybridized carbons (Fsp3) is 1.00. The van der Waals surface area contributed by atoms with Crippen LogP contribution in [0.1, 0.15) is 39.0 Å². The SMILES string of the molecule is CCCCCCC1CN1S(=O)(=O)CC(Cl)(Cl)Cl. The minimum absolute atomic E-state index is 0.129. The molecule has 2 unspecified atom stereocenters. The van der Waals surface area contributed by atoms with E-state index in [0.717, 1.165) is 19.3 Å². The summed E-state index contributed by atoms with van der Waals surface area (Å²) in [5, 5.41) is 0. The summed E-state index contributed by atoms with van der Waals surface area (Å²) in [6, 6.07) is 0.129.